The monoisotopic (exact) mass is 242 g/mol. The number of amides is 1. The second kappa shape index (κ2) is 5.23. The maximum absolute atomic E-state index is 10.9. The predicted octanol–water partition coefficient (Wildman–Crippen LogP) is 2.10. The first-order chi connectivity index (χ1) is 8.65. The van der Waals surface area contributed by atoms with Crippen LogP contribution in [0.15, 0.2) is 48.5 Å². The second-order valence-electron chi connectivity index (χ2n) is 3.97. The van der Waals surface area contributed by atoms with E-state index in [1.165, 1.54) is 0 Å². The summed E-state index contributed by atoms with van der Waals surface area (Å²) in [6, 6.07) is 14.0. The minimum Gasteiger partial charge on any atom is -0.508 e. The molecule has 18 heavy (non-hydrogen) atoms. The molecule has 0 spiro atoms. The minimum absolute atomic E-state index is 0.248. The largest absolute Gasteiger partial charge is 0.508 e. The Hall–Kier alpha value is -2.49. The Bertz CT molecular complexity index is 550. The molecule has 0 heterocycles. The molecule has 4 nitrogen and oxygen atoms in total. The van der Waals surface area contributed by atoms with Crippen molar-refractivity contribution in [2.24, 2.45) is 5.73 Å². The molecule has 0 saturated carbocycles. The van der Waals surface area contributed by atoms with Crippen LogP contribution in [0, 0.1) is 0 Å². The van der Waals surface area contributed by atoms with Gasteiger partial charge in [-0.3, -0.25) is 4.79 Å². The van der Waals surface area contributed by atoms with Gasteiger partial charge in [-0.2, -0.15) is 0 Å². The van der Waals surface area contributed by atoms with Crippen molar-refractivity contribution in [1.29, 1.82) is 0 Å². The Morgan fingerprint density at radius 2 is 1.89 bits per heavy atom. The quantitative estimate of drug-likeness (QED) is 0.768. The molecule has 0 aliphatic heterocycles. The van der Waals surface area contributed by atoms with E-state index >= 15 is 0 Å². The van der Waals surface area contributed by atoms with E-state index in [1.54, 1.807) is 42.5 Å². The number of aromatic hydroxyl groups is 1. The van der Waals surface area contributed by atoms with Gasteiger partial charge in [-0.25, -0.2) is 0 Å². The van der Waals surface area contributed by atoms with Crippen LogP contribution in [0.3, 0.4) is 0 Å². The molecule has 0 radical (unpaired) electrons. The zero-order valence-corrected chi connectivity index (χ0v) is 9.76. The van der Waals surface area contributed by atoms with Gasteiger partial charge in [0, 0.05) is 17.8 Å². The first kappa shape index (κ1) is 12.0. The Balaban J connectivity index is 2.00. The molecular weight excluding hydrogens is 228 g/mol. The van der Waals surface area contributed by atoms with E-state index in [1.807, 2.05) is 6.07 Å². The molecule has 0 aliphatic carbocycles. The summed E-state index contributed by atoms with van der Waals surface area (Å²) in [5, 5.41) is 12.5. The molecule has 2 aromatic rings. The maximum Gasteiger partial charge on any atom is 0.248 e. The van der Waals surface area contributed by atoms with Crippen LogP contribution in [0.1, 0.15) is 15.9 Å². The molecule has 4 N–H and O–H groups in total. The average molecular weight is 242 g/mol. The van der Waals surface area contributed by atoms with E-state index in [0.29, 0.717) is 12.1 Å². The summed E-state index contributed by atoms with van der Waals surface area (Å²) in [6.45, 7) is 0.602. The molecule has 0 bridgehead atoms. The highest BCUT2D eigenvalue weighted by molar-refractivity contribution is 5.93. The highest BCUT2D eigenvalue weighted by atomic mass is 16.3. The average Bonchev–Trinajstić information content (AvgIpc) is 2.37. The molecule has 4 heteroatoms. The molecule has 0 fully saturated rings. The van der Waals surface area contributed by atoms with Crippen molar-refractivity contribution < 1.29 is 9.90 Å². The van der Waals surface area contributed by atoms with E-state index < -0.39 is 5.91 Å². The molecule has 0 atom stereocenters. The normalized spacial score (nSPS) is 10.0. The van der Waals surface area contributed by atoms with Gasteiger partial charge >= 0.3 is 0 Å². The smallest absolute Gasteiger partial charge is 0.248 e. The summed E-state index contributed by atoms with van der Waals surface area (Å²) in [7, 11) is 0. The van der Waals surface area contributed by atoms with Crippen molar-refractivity contribution in [1.82, 2.24) is 0 Å². The zero-order chi connectivity index (χ0) is 13.0. The number of carbonyl (C=O) groups is 1. The summed E-state index contributed by atoms with van der Waals surface area (Å²) in [5.74, 6) is -0.187. The topological polar surface area (TPSA) is 75.4 Å². The summed E-state index contributed by atoms with van der Waals surface area (Å²) in [5.41, 5.74) is 7.52. The van der Waals surface area contributed by atoms with E-state index in [0.717, 1.165) is 11.3 Å². The fourth-order valence-electron chi connectivity index (χ4n) is 1.62. The third-order valence-electron chi connectivity index (χ3n) is 2.58. The highest BCUT2D eigenvalue weighted by Gasteiger charge is 2.00. The summed E-state index contributed by atoms with van der Waals surface area (Å²) in [4.78, 5) is 10.9. The number of hydrogen-bond donors (Lipinski definition) is 3. The predicted molar refractivity (Wildman–Crippen MR) is 70.4 cm³/mol. The number of hydrogen-bond acceptors (Lipinski definition) is 3. The van der Waals surface area contributed by atoms with Gasteiger partial charge in [-0.15, -0.1) is 0 Å². The lowest BCUT2D eigenvalue weighted by Gasteiger charge is -2.07. The number of benzene rings is 2. The second-order valence-corrected chi connectivity index (χ2v) is 3.97. The van der Waals surface area contributed by atoms with Gasteiger partial charge in [0.1, 0.15) is 5.75 Å². The summed E-state index contributed by atoms with van der Waals surface area (Å²) >= 11 is 0. The molecule has 0 aromatic heterocycles. The van der Waals surface area contributed by atoms with Crippen LogP contribution in [0.4, 0.5) is 5.69 Å². The van der Waals surface area contributed by atoms with Crippen molar-refractivity contribution in [3.05, 3.63) is 59.7 Å². The molecule has 1 amide bonds. The molecule has 0 aliphatic rings. The minimum atomic E-state index is -0.436. The lowest BCUT2D eigenvalue weighted by Crippen LogP contribution is -2.10. The van der Waals surface area contributed by atoms with Crippen LogP contribution in [0.2, 0.25) is 0 Å². The lowest BCUT2D eigenvalue weighted by molar-refractivity contribution is 0.100. The molecule has 92 valence electrons. The standard InChI is InChI=1S/C14H14N2O2/c15-14(18)11-4-6-12(7-5-11)16-9-10-2-1-3-13(17)8-10/h1-8,16-17H,9H2,(H2,15,18). The first-order valence-corrected chi connectivity index (χ1v) is 5.57. The van der Waals surface area contributed by atoms with Crippen molar-refractivity contribution in [2.75, 3.05) is 5.32 Å². The number of carbonyl (C=O) groups excluding carboxylic acids is 1. The van der Waals surface area contributed by atoms with Gasteiger partial charge in [-0.05, 0) is 42.0 Å². The van der Waals surface area contributed by atoms with E-state index in [-0.39, 0.29) is 5.75 Å². The lowest BCUT2D eigenvalue weighted by atomic mass is 10.2. The summed E-state index contributed by atoms with van der Waals surface area (Å²) < 4.78 is 0. The number of primary amides is 1. The number of anilines is 1. The third kappa shape index (κ3) is 3.01. The fraction of sp³-hybridized carbons (Fsp3) is 0.0714. The Morgan fingerprint density at radius 1 is 1.17 bits per heavy atom. The van der Waals surface area contributed by atoms with Gasteiger partial charge in [0.25, 0.3) is 0 Å². The van der Waals surface area contributed by atoms with Crippen molar-refractivity contribution in [2.45, 2.75) is 6.54 Å². The van der Waals surface area contributed by atoms with Crippen LogP contribution >= 0.6 is 0 Å². The highest BCUT2D eigenvalue weighted by Crippen LogP contribution is 2.14. The SMILES string of the molecule is NC(=O)c1ccc(NCc2cccc(O)c2)cc1. The first-order valence-electron chi connectivity index (χ1n) is 5.57. The van der Waals surface area contributed by atoms with Crippen LogP contribution < -0.4 is 11.1 Å². The maximum atomic E-state index is 10.9. The van der Waals surface area contributed by atoms with E-state index in [9.17, 15) is 9.90 Å². The van der Waals surface area contributed by atoms with Gasteiger partial charge in [0.15, 0.2) is 0 Å². The van der Waals surface area contributed by atoms with Gasteiger partial charge in [0.2, 0.25) is 5.91 Å². The fourth-order valence-corrected chi connectivity index (χ4v) is 1.62. The Labute approximate surface area is 105 Å². The number of phenols is 1. The summed E-state index contributed by atoms with van der Waals surface area (Å²) in [6.07, 6.45) is 0. The molecule has 0 unspecified atom stereocenters. The zero-order valence-electron chi connectivity index (χ0n) is 9.76. The van der Waals surface area contributed by atoms with Gasteiger partial charge in [-0.1, -0.05) is 12.1 Å². The third-order valence-corrected chi connectivity index (χ3v) is 2.58. The van der Waals surface area contributed by atoms with Gasteiger partial charge < -0.3 is 16.2 Å². The number of nitrogens with one attached hydrogen (secondary N) is 1. The Morgan fingerprint density at radius 3 is 2.50 bits per heavy atom. The number of rotatable bonds is 4. The van der Waals surface area contributed by atoms with Gasteiger partial charge in [0.05, 0.1) is 0 Å². The molecule has 2 aromatic carbocycles. The van der Waals surface area contributed by atoms with Crippen LogP contribution in [0.5, 0.6) is 5.75 Å². The van der Waals surface area contributed by atoms with Crippen LogP contribution in [-0.2, 0) is 6.54 Å². The van der Waals surface area contributed by atoms with Crippen molar-refractivity contribution >= 4 is 11.6 Å². The van der Waals surface area contributed by atoms with E-state index in [4.69, 9.17) is 5.73 Å². The number of phenolic OH excluding ortho intramolecular Hbond substituents is 1. The van der Waals surface area contributed by atoms with Crippen molar-refractivity contribution in [3.8, 4) is 5.75 Å². The number of nitrogens with two attached hydrogens (primary N) is 1. The molecule has 0 saturated heterocycles. The van der Waals surface area contributed by atoms with E-state index in [2.05, 4.69) is 5.32 Å². The molecular formula is C14H14N2O2. The Kier molecular flexibility index (Phi) is 3.48. The van der Waals surface area contributed by atoms with Crippen LogP contribution in [-0.4, -0.2) is 11.0 Å². The molecule has 2 rings (SSSR count). The van der Waals surface area contributed by atoms with Crippen molar-refractivity contribution in [3.63, 3.8) is 0 Å². The van der Waals surface area contributed by atoms with Crippen LogP contribution in [0.25, 0.3) is 0 Å².